The van der Waals surface area contributed by atoms with Crippen LogP contribution in [0.3, 0.4) is 0 Å². The fourth-order valence-corrected chi connectivity index (χ4v) is 1.64. The van der Waals surface area contributed by atoms with Crippen molar-refractivity contribution in [3.63, 3.8) is 0 Å². The highest BCUT2D eigenvalue weighted by atomic mass is 16.5. The second-order valence-corrected chi connectivity index (χ2v) is 3.13. The summed E-state index contributed by atoms with van der Waals surface area (Å²) in [5.41, 5.74) is 0.913. The van der Waals surface area contributed by atoms with E-state index in [4.69, 9.17) is 4.74 Å². The van der Waals surface area contributed by atoms with Gasteiger partial charge >= 0.3 is 0 Å². The Kier molecular flexibility index (Phi) is 1.50. The Morgan fingerprint density at radius 3 is 3.21 bits per heavy atom. The maximum absolute atomic E-state index is 5.46. The van der Waals surface area contributed by atoms with Crippen LogP contribution in [-0.4, -0.2) is 17.8 Å². The fourth-order valence-electron chi connectivity index (χ4n) is 1.64. The van der Waals surface area contributed by atoms with Crippen LogP contribution in [0.5, 0.6) is 5.75 Å². The van der Waals surface area contributed by atoms with Crippen molar-refractivity contribution in [3.8, 4) is 5.75 Å². The molecule has 0 fully saturated rings. The largest absolute Gasteiger partial charge is 0.486 e. The van der Waals surface area contributed by atoms with E-state index < -0.39 is 0 Å². The summed E-state index contributed by atoms with van der Waals surface area (Å²) in [6.07, 6.45) is 5.38. The van der Waals surface area contributed by atoms with Gasteiger partial charge in [0.25, 0.3) is 0 Å². The van der Waals surface area contributed by atoms with E-state index in [9.17, 15) is 0 Å². The fraction of sp³-hybridized carbons (Fsp3) is 0.0909. The minimum absolute atomic E-state index is 0.559. The van der Waals surface area contributed by atoms with Crippen molar-refractivity contribution in [2.45, 2.75) is 0 Å². The average Bonchev–Trinajstić information content (AvgIpc) is 2.29. The molecule has 0 atom stereocenters. The molecule has 0 spiro atoms. The molecule has 3 rings (SSSR count). The van der Waals surface area contributed by atoms with Crippen LogP contribution >= 0.6 is 0 Å². The zero-order valence-electron chi connectivity index (χ0n) is 7.47. The summed E-state index contributed by atoms with van der Waals surface area (Å²) in [7, 11) is 0. The number of pyridine rings is 1. The molecule has 3 heteroatoms. The van der Waals surface area contributed by atoms with Crippen molar-refractivity contribution < 1.29 is 4.74 Å². The first-order valence-corrected chi connectivity index (χ1v) is 4.47. The summed E-state index contributed by atoms with van der Waals surface area (Å²) in [4.78, 5) is 8.41. The molecule has 68 valence electrons. The molecule has 1 aromatic heterocycles. The van der Waals surface area contributed by atoms with E-state index in [1.165, 1.54) is 0 Å². The molecule has 0 saturated carbocycles. The Morgan fingerprint density at radius 2 is 2.21 bits per heavy atom. The third kappa shape index (κ3) is 0.988. The van der Waals surface area contributed by atoms with Crippen LogP contribution in [0, 0.1) is 0 Å². The van der Waals surface area contributed by atoms with E-state index in [0.717, 1.165) is 22.2 Å². The summed E-state index contributed by atoms with van der Waals surface area (Å²) in [6.45, 7) is 0.559. The first kappa shape index (κ1) is 7.50. The number of fused-ring (bicyclic) bond motifs is 3. The van der Waals surface area contributed by atoms with Gasteiger partial charge in [0, 0.05) is 29.4 Å². The zero-order valence-corrected chi connectivity index (χ0v) is 7.47. The molecule has 0 amide bonds. The smallest absolute Gasteiger partial charge is 0.146 e. The summed E-state index contributed by atoms with van der Waals surface area (Å²) < 4.78 is 5.46. The van der Waals surface area contributed by atoms with Gasteiger partial charge in [-0.25, -0.2) is 0 Å². The monoisotopic (exact) mass is 184 g/mol. The molecule has 1 aliphatic rings. The van der Waals surface area contributed by atoms with Gasteiger partial charge in [0.1, 0.15) is 18.0 Å². The first-order chi connectivity index (χ1) is 6.95. The number of ether oxygens (including phenoxy) is 1. The lowest BCUT2D eigenvalue weighted by atomic mass is 10.1. The van der Waals surface area contributed by atoms with Crippen molar-refractivity contribution >= 4 is 22.7 Å². The van der Waals surface area contributed by atoms with Crippen LogP contribution in [0.1, 0.15) is 0 Å². The summed E-state index contributed by atoms with van der Waals surface area (Å²) in [6, 6.07) is 5.90. The Bertz CT molecular complexity index is 520. The SMILES string of the molecule is C1=Nc2c(ccc3cnccc23)OC1. The van der Waals surface area contributed by atoms with E-state index in [2.05, 4.69) is 9.98 Å². The number of hydrogen-bond acceptors (Lipinski definition) is 3. The molecule has 0 radical (unpaired) electrons. The molecule has 0 aliphatic carbocycles. The van der Waals surface area contributed by atoms with Crippen LogP contribution in [-0.2, 0) is 0 Å². The summed E-state index contributed by atoms with van der Waals surface area (Å²) in [5.74, 6) is 0.853. The van der Waals surface area contributed by atoms with Gasteiger partial charge in [0.2, 0.25) is 0 Å². The van der Waals surface area contributed by atoms with E-state index >= 15 is 0 Å². The Hall–Kier alpha value is -1.90. The number of aliphatic imine (C=N–C) groups is 1. The molecule has 14 heavy (non-hydrogen) atoms. The molecule has 2 heterocycles. The van der Waals surface area contributed by atoms with E-state index in [1.54, 1.807) is 12.4 Å². The zero-order chi connectivity index (χ0) is 9.38. The molecule has 0 saturated heterocycles. The number of rotatable bonds is 0. The molecule has 1 aliphatic heterocycles. The highest BCUT2D eigenvalue weighted by molar-refractivity contribution is 5.96. The Morgan fingerprint density at radius 1 is 1.21 bits per heavy atom. The molecule has 0 unspecified atom stereocenters. The third-order valence-electron chi connectivity index (χ3n) is 2.29. The second kappa shape index (κ2) is 2.80. The average molecular weight is 184 g/mol. The van der Waals surface area contributed by atoms with Gasteiger partial charge < -0.3 is 4.74 Å². The normalized spacial score (nSPS) is 13.7. The first-order valence-electron chi connectivity index (χ1n) is 4.47. The minimum atomic E-state index is 0.559. The van der Waals surface area contributed by atoms with Gasteiger partial charge in [-0.1, -0.05) is 0 Å². The Labute approximate surface area is 81.1 Å². The van der Waals surface area contributed by atoms with Crippen molar-refractivity contribution in [2.24, 2.45) is 4.99 Å². The molecule has 0 N–H and O–H groups in total. The van der Waals surface area contributed by atoms with Crippen LogP contribution in [0.4, 0.5) is 5.69 Å². The van der Waals surface area contributed by atoms with Crippen LogP contribution in [0.25, 0.3) is 10.8 Å². The molecule has 2 aromatic rings. The standard InChI is InChI=1S/C11H8N2O/c1-2-10-11(13-5-6-14-10)9-3-4-12-7-8(1)9/h1-5,7H,6H2. The second-order valence-electron chi connectivity index (χ2n) is 3.13. The van der Waals surface area contributed by atoms with Gasteiger partial charge in [-0.15, -0.1) is 0 Å². The van der Waals surface area contributed by atoms with Crippen LogP contribution in [0.2, 0.25) is 0 Å². The molecular weight excluding hydrogens is 176 g/mol. The lowest BCUT2D eigenvalue weighted by molar-refractivity contribution is 0.377. The molecule has 0 bridgehead atoms. The third-order valence-corrected chi connectivity index (χ3v) is 2.29. The van der Waals surface area contributed by atoms with E-state index in [0.29, 0.717) is 6.61 Å². The van der Waals surface area contributed by atoms with Crippen molar-refractivity contribution in [3.05, 3.63) is 30.6 Å². The van der Waals surface area contributed by atoms with Crippen molar-refractivity contribution in [2.75, 3.05) is 6.61 Å². The number of nitrogens with zero attached hydrogens (tertiary/aromatic N) is 2. The van der Waals surface area contributed by atoms with Gasteiger partial charge in [-0.05, 0) is 18.2 Å². The lowest BCUT2D eigenvalue weighted by Crippen LogP contribution is -2.02. The maximum atomic E-state index is 5.46. The topological polar surface area (TPSA) is 34.5 Å². The number of benzene rings is 1. The van der Waals surface area contributed by atoms with Gasteiger partial charge in [0.05, 0.1) is 0 Å². The predicted octanol–water partition coefficient (Wildman–Crippen LogP) is 2.33. The van der Waals surface area contributed by atoms with Crippen molar-refractivity contribution in [1.29, 1.82) is 0 Å². The molecule has 3 nitrogen and oxygen atoms in total. The highest BCUT2D eigenvalue weighted by Gasteiger charge is 2.09. The Balaban J connectivity index is 2.42. The van der Waals surface area contributed by atoms with E-state index in [1.807, 2.05) is 24.4 Å². The number of hydrogen-bond donors (Lipinski definition) is 0. The quantitative estimate of drug-likeness (QED) is 0.629. The van der Waals surface area contributed by atoms with Gasteiger partial charge in [0.15, 0.2) is 0 Å². The highest BCUT2D eigenvalue weighted by Crippen LogP contribution is 2.36. The van der Waals surface area contributed by atoms with Gasteiger partial charge in [-0.3, -0.25) is 9.98 Å². The van der Waals surface area contributed by atoms with Gasteiger partial charge in [-0.2, -0.15) is 0 Å². The summed E-state index contributed by atoms with van der Waals surface area (Å²) >= 11 is 0. The molecule has 1 aromatic carbocycles. The number of aromatic nitrogens is 1. The van der Waals surface area contributed by atoms with Crippen LogP contribution < -0.4 is 4.74 Å². The predicted molar refractivity (Wildman–Crippen MR) is 55.4 cm³/mol. The lowest BCUT2D eigenvalue weighted by Gasteiger charge is -2.12. The minimum Gasteiger partial charge on any atom is -0.486 e. The summed E-state index contributed by atoms with van der Waals surface area (Å²) in [5, 5.41) is 2.18. The van der Waals surface area contributed by atoms with E-state index in [-0.39, 0.29) is 0 Å². The molecular formula is C11H8N2O. The maximum Gasteiger partial charge on any atom is 0.146 e. The van der Waals surface area contributed by atoms with Crippen molar-refractivity contribution in [1.82, 2.24) is 4.98 Å². The van der Waals surface area contributed by atoms with Crippen LogP contribution in [0.15, 0.2) is 35.6 Å².